The Hall–Kier alpha value is -4.85. The predicted molar refractivity (Wildman–Crippen MR) is 135 cm³/mol. The Morgan fingerprint density at radius 1 is 1.03 bits per heavy atom. The van der Waals surface area contributed by atoms with Crippen LogP contribution in [0.5, 0.6) is 0 Å². The summed E-state index contributed by atoms with van der Waals surface area (Å²) in [5, 5.41) is 14.6. The molecule has 35 heavy (non-hydrogen) atoms. The highest BCUT2D eigenvalue weighted by Crippen LogP contribution is 2.23. The Bertz CT molecular complexity index is 1450. The molecule has 3 heterocycles. The quantitative estimate of drug-likeness (QED) is 0.341. The average molecular weight is 462 g/mol. The van der Waals surface area contributed by atoms with Gasteiger partial charge in [-0.3, -0.25) is 19.6 Å². The van der Waals surface area contributed by atoms with E-state index in [4.69, 9.17) is 5.10 Å². The maximum atomic E-state index is 12.6. The fourth-order valence-electron chi connectivity index (χ4n) is 3.66. The number of rotatable bonds is 7. The average Bonchev–Trinajstić information content (AvgIpc) is 3.50. The molecule has 8 nitrogen and oxygen atoms in total. The summed E-state index contributed by atoms with van der Waals surface area (Å²) < 4.78 is 1.87. The summed E-state index contributed by atoms with van der Waals surface area (Å²) in [7, 11) is 0. The van der Waals surface area contributed by atoms with E-state index in [9.17, 15) is 4.79 Å². The van der Waals surface area contributed by atoms with E-state index in [0.717, 1.165) is 33.8 Å². The monoisotopic (exact) mass is 461 g/mol. The first-order valence-electron chi connectivity index (χ1n) is 11.1. The fraction of sp³-hybridized carbons (Fsp3) is 0.0741. The second-order valence-corrected chi connectivity index (χ2v) is 8.00. The SMILES string of the molecule is Cc1nc(-c2ccc(NC(=O)/C=C/c3cn(Cc4ccccc4)nc3-c3cccnc3)cc2)n[nH]1. The molecule has 0 aliphatic carbocycles. The van der Waals surface area contributed by atoms with Crippen molar-refractivity contribution in [1.82, 2.24) is 29.9 Å². The van der Waals surface area contributed by atoms with E-state index in [2.05, 4.69) is 37.6 Å². The molecular formula is C27H23N7O. The minimum Gasteiger partial charge on any atom is -0.323 e. The molecular weight excluding hydrogens is 438 g/mol. The number of carbonyl (C=O) groups excluding carboxylic acids is 1. The summed E-state index contributed by atoms with van der Waals surface area (Å²) in [6, 6.07) is 21.3. The lowest BCUT2D eigenvalue weighted by atomic mass is 10.1. The van der Waals surface area contributed by atoms with E-state index in [1.807, 2.05) is 72.4 Å². The highest BCUT2D eigenvalue weighted by Gasteiger charge is 2.11. The van der Waals surface area contributed by atoms with Gasteiger partial charge < -0.3 is 5.32 Å². The number of benzene rings is 2. The van der Waals surface area contributed by atoms with Crippen molar-refractivity contribution < 1.29 is 4.79 Å². The molecule has 2 N–H and O–H groups in total. The minimum absolute atomic E-state index is 0.237. The number of nitrogens with one attached hydrogen (secondary N) is 2. The molecule has 0 atom stereocenters. The van der Waals surface area contributed by atoms with Crippen LogP contribution in [0.1, 0.15) is 17.0 Å². The van der Waals surface area contributed by atoms with Crippen LogP contribution in [0.15, 0.2) is 91.4 Å². The van der Waals surface area contributed by atoms with Crippen molar-refractivity contribution in [3.8, 4) is 22.6 Å². The molecule has 0 saturated carbocycles. The molecule has 0 unspecified atom stereocenters. The van der Waals surface area contributed by atoms with Crippen molar-refractivity contribution in [2.75, 3.05) is 5.32 Å². The molecule has 0 radical (unpaired) electrons. The van der Waals surface area contributed by atoms with Crippen LogP contribution in [0.25, 0.3) is 28.7 Å². The number of carbonyl (C=O) groups is 1. The van der Waals surface area contributed by atoms with Crippen LogP contribution in [0.2, 0.25) is 0 Å². The summed E-state index contributed by atoms with van der Waals surface area (Å²) in [4.78, 5) is 21.2. The first-order valence-corrected chi connectivity index (χ1v) is 11.1. The van der Waals surface area contributed by atoms with Gasteiger partial charge in [0.25, 0.3) is 0 Å². The number of amides is 1. The van der Waals surface area contributed by atoms with E-state index in [0.29, 0.717) is 18.1 Å². The molecule has 8 heteroatoms. The topological polar surface area (TPSA) is 101 Å². The van der Waals surface area contributed by atoms with Crippen LogP contribution < -0.4 is 5.32 Å². The zero-order valence-electron chi connectivity index (χ0n) is 19.1. The Labute approximate surface area is 202 Å². The van der Waals surface area contributed by atoms with Crippen molar-refractivity contribution in [2.24, 2.45) is 0 Å². The van der Waals surface area contributed by atoms with E-state index in [-0.39, 0.29) is 5.91 Å². The Morgan fingerprint density at radius 2 is 1.86 bits per heavy atom. The molecule has 5 rings (SSSR count). The summed E-state index contributed by atoms with van der Waals surface area (Å²) >= 11 is 0. The van der Waals surface area contributed by atoms with Crippen LogP contribution >= 0.6 is 0 Å². The van der Waals surface area contributed by atoms with Crippen LogP contribution in [0, 0.1) is 6.92 Å². The molecule has 0 bridgehead atoms. The maximum Gasteiger partial charge on any atom is 0.248 e. The molecule has 0 aliphatic rings. The molecule has 0 aliphatic heterocycles. The van der Waals surface area contributed by atoms with Crippen LogP contribution in [0.4, 0.5) is 5.69 Å². The van der Waals surface area contributed by atoms with Gasteiger partial charge in [-0.05, 0) is 55.0 Å². The lowest BCUT2D eigenvalue weighted by Gasteiger charge is -2.03. The molecule has 5 aromatic rings. The van der Waals surface area contributed by atoms with Crippen molar-refractivity contribution in [1.29, 1.82) is 0 Å². The minimum atomic E-state index is -0.237. The Morgan fingerprint density at radius 3 is 2.57 bits per heavy atom. The van der Waals surface area contributed by atoms with Gasteiger partial charge in [0.15, 0.2) is 5.82 Å². The van der Waals surface area contributed by atoms with E-state index in [1.54, 1.807) is 18.5 Å². The first kappa shape index (κ1) is 22.0. The van der Waals surface area contributed by atoms with Gasteiger partial charge in [0.1, 0.15) is 11.5 Å². The molecule has 0 spiro atoms. The number of aromatic nitrogens is 6. The van der Waals surface area contributed by atoms with Gasteiger partial charge in [-0.2, -0.15) is 10.2 Å². The number of hydrogen-bond acceptors (Lipinski definition) is 5. The van der Waals surface area contributed by atoms with E-state index < -0.39 is 0 Å². The predicted octanol–water partition coefficient (Wildman–Crippen LogP) is 4.74. The molecule has 172 valence electrons. The third-order valence-electron chi connectivity index (χ3n) is 5.33. The summed E-state index contributed by atoms with van der Waals surface area (Å²) in [5.41, 5.74) is 5.18. The van der Waals surface area contributed by atoms with Crippen LogP contribution in [-0.2, 0) is 11.3 Å². The van der Waals surface area contributed by atoms with E-state index >= 15 is 0 Å². The fourth-order valence-corrected chi connectivity index (χ4v) is 3.66. The summed E-state index contributed by atoms with van der Waals surface area (Å²) in [6.45, 7) is 2.48. The molecule has 0 saturated heterocycles. The summed E-state index contributed by atoms with van der Waals surface area (Å²) in [5.74, 6) is 1.13. The standard InChI is InChI=1S/C27H23N7O/c1-19-29-27(32-31-19)21-9-12-24(13-10-21)30-25(35)14-11-23-18-34(17-20-6-3-2-4-7-20)33-26(23)22-8-5-15-28-16-22/h2-16,18H,17H2,1H3,(H,30,35)(H,29,31,32)/b14-11+. The number of anilines is 1. The van der Waals surface area contributed by atoms with Gasteiger partial charge >= 0.3 is 0 Å². The lowest BCUT2D eigenvalue weighted by Crippen LogP contribution is -2.07. The Kier molecular flexibility index (Phi) is 6.25. The zero-order valence-corrected chi connectivity index (χ0v) is 19.1. The maximum absolute atomic E-state index is 12.6. The van der Waals surface area contributed by atoms with Crippen molar-refractivity contribution in [3.63, 3.8) is 0 Å². The number of pyridine rings is 1. The van der Waals surface area contributed by atoms with Gasteiger partial charge in [-0.1, -0.05) is 30.3 Å². The Balaban J connectivity index is 1.33. The van der Waals surface area contributed by atoms with Gasteiger partial charge in [0, 0.05) is 47.0 Å². The second-order valence-electron chi connectivity index (χ2n) is 8.00. The van der Waals surface area contributed by atoms with Gasteiger partial charge in [0.05, 0.1) is 6.54 Å². The number of nitrogens with zero attached hydrogens (tertiary/aromatic N) is 5. The van der Waals surface area contributed by atoms with Crippen molar-refractivity contribution in [2.45, 2.75) is 13.5 Å². The van der Waals surface area contributed by atoms with Gasteiger partial charge in [0.2, 0.25) is 5.91 Å². The second kappa shape index (κ2) is 9.96. The normalized spacial score (nSPS) is 11.1. The summed E-state index contributed by atoms with van der Waals surface area (Å²) in [6.07, 6.45) is 8.71. The van der Waals surface area contributed by atoms with Gasteiger partial charge in [-0.25, -0.2) is 4.98 Å². The van der Waals surface area contributed by atoms with E-state index in [1.165, 1.54) is 6.08 Å². The van der Waals surface area contributed by atoms with Crippen LogP contribution in [-0.4, -0.2) is 35.9 Å². The third kappa shape index (κ3) is 5.39. The number of aryl methyl sites for hydroxylation is 1. The molecule has 0 fully saturated rings. The third-order valence-corrected chi connectivity index (χ3v) is 5.33. The zero-order chi connectivity index (χ0) is 24.0. The largest absolute Gasteiger partial charge is 0.323 e. The number of aromatic amines is 1. The van der Waals surface area contributed by atoms with Gasteiger partial charge in [-0.15, -0.1) is 0 Å². The number of H-pyrrole nitrogens is 1. The van der Waals surface area contributed by atoms with Crippen LogP contribution in [0.3, 0.4) is 0 Å². The first-order chi connectivity index (χ1) is 17.1. The molecule has 3 aromatic heterocycles. The van der Waals surface area contributed by atoms with Crippen molar-refractivity contribution >= 4 is 17.7 Å². The van der Waals surface area contributed by atoms with Crippen molar-refractivity contribution in [3.05, 3.63) is 108 Å². The smallest absolute Gasteiger partial charge is 0.248 e. The highest BCUT2D eigenvalue weighted by atomic mass is 16.1. The number of hydrogen-bond donors (Lipinski definition) is 2. The lowest BCUT2D eigenvalue weighted by molar-refractivity contribution is -0.111. The molecule has 2 aromatic carbocycles. The highest BCUT2D eigenvalue weighted by molar-refractivity contribution is 6.02. The molecule has 1 amide bonds.